The number of hydrogen-bond donors (Lipinski definition) is 1. The predicted molar refractivity (Wildman–Crippen MR) is 83.7 cm³/mol. The summed E-state index contributed by atoms with van der Waals surface area (Å²) < 4.78 is 0. The van der Waals surface area contributed by atoms with Gasteiger partial charge in [0.05, 0.1) is 11.4 Å². The zero-order valence-electron chi connectivity index (χ0n) is 12.5. The maximum absolute atomic E-state index is 12.4. The molecule has 1 aromatic rings. The van der Waals surface area contributed by atoms with Gasteiger partial charge in [-0.2, -0.15) is 0 Å². The fraction of sp³-hybridized carbons (Fsp3) is 0.562. The molecule has 110 valence electrons. The molecule has 0 radical (unpaired) electrons. The molecule has 0 spiro atoms. The van der Waals surface area contributed by atoms with Crippen LogP contribution in [0.15, 0.2) is 24.3 Å². The van der Waals surface area contributed by atoms with Crippen molar-refractivity contribution in [3.63, 3.8) is 0 Å². The summed E-state index contributed by atoms with van der Waals surface area (Å²) in [5, 5.41) is 0. The Labute approximate surface area is 121 Å². The minimum Gasteiger partial charge on any atom is -0.397 e. The average Bonchev–Trinajstić information content (AvgIpc) is 2.49. The molecule has 0 atom stereocenters. The first-order valence-corrected chi connectivity index (χ1v) is 7.55. The van der Waals surface area contributed by atoms with Gasteiger partial charge in [-0.1, -0.05) is 26.0 Å². The van der Waals surface area contributed by atoms with Gasteiger partial charge >= 0.3 is 0 Å². The molecular weight excluding hydrogens is 250 g/mol. The summed E-state index contributed by atoms with van der Waals surface area (Å²) in [7, 11) is 0. The number of amides is 1. The van der Waals surface area contributed by atoms with Crippen LogP contribution in [0.25, 0.3) is 0 Å². The third-order valence-electron chi connectivity index (χ3n) is 4.20. The number of para-hydroxylation sites is 2. The van der Waals surface area contributed by atoms with Crippen LogP contribution in [0, 0.1) is 5.92 Å². The molecule has 1 heterocycles. The molecule has 1 aromatic carbocycles. The van der Waals surface area contributed by atoms with E-state index in [0.29, 0.717) is 5.91 Å². The second kappa shape index (κ2) is 6.64. The highest BCUT2D eigenvalue weighted by Gasteiger charge is 2.25. The van der Waals surface area contributed by atoms with Gasteiger partial charge < -0.3 is 15.5 Å². The number of carbonyl (C=O) groups excluding carboxylic acids is 1. The van der Waals surface area contributed by atoms with Crippen molar-refractivity contribution in [1.29, 1.82) is 0 Å². The van der Waals surface area contributed by atoms with E-state index in [9.17, 15) is 4.79 Å². The van der Waals surface area contributed by atoms with Crippen LogP contribution >= 0.6 is 0 Å². The first kappa shape index (κ1) is 14.7. The molecule has 2 N–H and O–H groups in total. The Morgan fingerprint density at radius 3 is 2.30 bits per heavy atom. The van der Waals surface area contributed by atoms with E-state index in [1.54, 1.807) is 0 Å². The van der Waals surface area contributed by atoms with Gasteiger partial charge in [-0.25, -0.2) is 0 Å². The van der Waals surface area contributed by atoms with Gasteiger partial charge in [-0.15, -0.1) is 0 Å². The number of rotatable bonds is 4. The minimum atomic E-state index is 0.184. The fourth-order valence-corrected chi connectivity index (χ4v) is 2.84. The van der Waals surface area contributed by atoms with Crippen LogP contribution in [-0.4, -0.2) is 37.0 Å². The number of hydrogen-bond acceptors (Lipinski definition) is 3. The molecule has 2 rings (SSSR count). The van der Waals surface area contributed by atoms with Gasteiger partial charge in [0.25, 0.3) is 0 Å². The number of benzene rings is 1. The van der Waals surface area contributed by atoms with E-state index in [-0.39, 0.29) is 5.92 Å². The van der Waals surface area contributed by atoms with Crippen molar-refractivity contribution in [2.45, 2.75) is 26.7 Å². The number of nitrogen functional groups attached to an aromatic ring is 1. The Morgan fingerprint density at radius 1 is 1.15 bits per heavy atom. The Kier molecular flexibility index (Phi) is 4.88. The maximum atomic E-state index is 12.4. The molecule has 1 saturated heterocycles. The Morgan fingerprint density at radius 2 is 1.75 bits per heavy atom. The van der Waals surface area contributed by atoms with Crippen LogP contribution in [0.3, 0.4) is 0 Å². The average molecular weight is 275 g/mol. The van der Waals surface area contributed by atoms with Gasteiger partial charge in [-0.3, -0.25) is 4.79 Å². The summed E-state index contributed by atoms with van der Waals surface area (Å²) in [6, 6.07) is 7.93. The molecule has 0 bridgehead atoms. The second-order valence-corrected chi connectivity index (χ2v) is 5.38. The summed E-state index contributed by atoms with van der Waals surface area (Å²) in [5.41, 5.74) is 7.91. The zero-order chi connectivity index (χ0) is 14.5. The lowest BCUT2D eigenvalue weighted by Crippen LogP contribution is -2.50. The molecule has 0 aromatic heterocycles. The lowest BCUT2D eigenvalue weighted by molar-refractivity contribution is -0.136. The van der Waals surface area contributed by atoms with Crippen LogP contribution in [0.1, 0.15) is 26.7 Å². The monoisotopic (exact) mass is 275 g/mol. The molecule has 1 aliphatic heterocycles. The summed E-state index contributed by atoms with van der Waals surface area (Å²) in [5.74, 6) is 0.499. The molecular formula is C16H25N3O. The van der Waals surface area contributed by atoms with E-state index in [2.05, 4.69) is 18.7 Å². The number of piperazine rings is 1. The number of nitrogens with zero attached hydrogens (tertiary/aromatic N) is 2. The second-order valence-electron chi connectivity index (χ2n) is 5.38. The molecule has 0 saturated carbocycles. The zero-order valence-corrected chi connectivity index (χ0v) is 12.5. The van der Waals surface area contributed by atoms with Gasteiger partial charge in [-0.05, 0) is 25.0 Å². The largest absolute Gasteiger partial charge is 0.397 e. The molecule has 20 heavy (non-hydrogen) atoms. The van der Waals surface area contributed by atoms with E-state index < -0.39 is 0 Å². The lowest BCUT2D eigenvalue weighted by Gasteiger charge is -2.37. The SMILES string of the molecule is CCC(CC)C(=O)N1CCN(c2ccccc2N)CC1. The first-order chi connectivity index (χ1) is 9.67. The molecule has 0 aliphatic carbocycles. The molecule has 4 nitrogen and oxygen atoms in total. The standard InChI is InChI=1S/C16H25N3O/c1-3-13(4-2)16(20)19-11-9-18(10-12-19)15-8-6-5-7-14(15)17/h5-8,13H,3-4,9-12,17H2,1-2H3. The van der Waals surface area contributed by atoms with Crippen LogP contribution < -0.4 is 10.6 Å². The van der Waals surface area contributed by atoms with Crippen molar-refractivity contribution in [3.8, 4) is 0 Å². The minimum absolute atomic E-state index is 0.184. The first-order valence-electron chi connectivity index (χ1n) is 7.55. The smallest absolute Gasteiger partial charge is 0.225 e. The van der Waals surface area contributed by atoms with Crippen molar-refractivity contribution < 1.29 is 4.79 Å². The summed E-state index contributed by atoms with van der Waals surface area (Å²) in [6.45, 7) is 7.49. The lowest BCUT2D eigenvalue weighted by atomic mass is 10.0. The van der Waals surface area contributed by atoms with Crippen molar-refractivity contribution in [1.82, 2.24) is 4.90 Å². The quantitative estimate of drug-likeness (QED) is 0.858. The maximum Gasteiger partial charge on any atom is 0.225 e. The van der Waals surface area contributed by atoms with Crippen LogP contribution in [0.4, 0.5) is 11.4 Å². The third kappa shape index (κ3) is 3.06. The molecule has 1 fully saturated rings. The van der Waals surface area contributed by atoms with Crippen molar-refractivity contribution in [2.75, 3.05) is 36.8 Å². The highest BCUT2D eigenvalue weighted by atomic mass is 16.2. The van der Waals surface area contributed by atoms with E-state index in [0.717, 1.165) is 50.4 Å². The highest BCUT2D eigenvalue weighted by Crippen LogP contribution is 2.24. The summed E-state index contributed by atoms with van der Waals surface area (Å²) in [4.78, 5) is 16.6. The van der Waals surface area contributed by atoms with E-state index in [1.807, 2.05) is 29.2 Å². The van der Waals surface area contributed by atoms with Gasteiger partial charge in [0, 0.05) is 32.1 Å². The Bertz CT molecular complexity index is 449. The molecule has 1 aliphatic rings. The van der Waals surface area contributed by atoms with Gasteiger partial charge in [0.2, 0.25) is 5.91 Å². The predicted octanol–water partition coefficient (Wildman–Crippen LogP) is 2.35. The van der Waals surface area contributed by atoms with E-state index in [1.165, 1.54) is 0 Å². The number of carbonyl (C=O) groups is 1. The van der Waals surface area contributed by atoms with Crippen molar-refractivity contribution in [2.24, 2.45) is 5.92 Å². The summed E-state index contributed by atoms with van der Waals surface area (Å²) in [6.07, 6.45) is 1.86. The van der Waals surface area contributed by atoms with Crippen molar-refractivity contribution in [3.05, 3.63) is 24.3 Å². The topological polar surface area (TPSA) is 49.6 Å². The van der Waals surface area contributed by atoms with Crippen LogP contribution in [0.5, 0.6) is 0 Å². The molecule has 0 unspecified atom stereocenters. The van der Waals surface area contributed by atoms with E-state index in [4.69, 9.17) is 5.73 Å². The van der Waals surface area contributed by atoms with Crippen molar-refractivity contribution >= 4 is 17.3 Å². The Hall–Kier alpha value is -1.71. The van der Waals surface area contributed by atoms with Crippen LogP contribution in [-0.2, 0) is 4.79 Å². The van der Waals surface area contributed by atoms with Gasteiger partial charge in [0.1, 0.15) is 0 Å². The Balaban J connectivity index is 1.96. The van der Waals surface area contributed by atoms with E-state index >= 15 is 0 Å². The van der Waals surface area contributed by atoms with Gasteiger partial charge in [0.15, 0.2) is 0 Å². The molecule has 1 amide bonds. The normalized spacial score (nSPS) is 15.8. The number of nitrogens with two attached hydrogens (primary N) is 1. The fourth-order valence-electron chi connectivity index (χ4n) is 2.84. The highest BCUT2D eigenvalue weighted by molar-refractivity contribution is 5.79. The summed E-state index contributed by atoms with van der Waals surface area (Å²) >= 11 is 0. The third-order valence-corrected chi connectivity index (χ3v) is 4.20. The van der Waals surface area contributed by atoms with Crippen LogP contribution in [0.2, 0.25) is 0 Å². The molecule has 4 heteroatoms. The number of anilines is 2.